The summed E-state index contributed by atoms with van der Waals surface area (Å²) in [5.74, 6) is -1.12. The van der Waals surface area contributed by atoms with Gasteiger partial charge in [-0.3, -0.25) is 0 Å². The van der Waals surface area contributed by atoms with Crippen molar-refractivity contribution in [3.63, 3.8) is 0 Å². The number of ether oxygens (including phenoxy) is 1. The zero-order valence-corrected chi connectivity index (χ0v) is 14.4. The molecule has 4 aromatic rings. The lowest BCUT2D eigenvalue weighted by Crippen LogP contribution is -2.00. The van der Waals surface area contributed by atoms with Crippen LogP contribution in [0, 0.1) is 11.6 Å². The van der Waals surface area contributed by atoms with Gasteiger partial charge in [0.1, 0.15) is 17.9 Å². The number of fused-ring (bicyclic) bond motifs is 1. The van der Waals surface area contributed by atoms with Gasteiger partial charge < -0.3 is 10.1 Å². The highest BCUT2D eigenvalue weighted by Gasteiger charge is 2.14. The lowest BCUT2D eigenvalue weighted by Gasteiger charge is -2.14. The van der Waals surface area contributed by atoms with Gasteiger partial charge in [-0.2, -0.15) is 9.61 Å². The molecular weight excluding hydrogens is 352 g/mol. The normalized spacial score (nSPS) is 10.9. The van der Waals surface area contributed by atoms with Crippen LogP contribution in [0.4, 0.5) is 14.5 Å². The molecule has 0 radical (unpaired) electrons. The first-order chi connectivity index (χ1) is 13.1. The molecule has 4 rings (SSSR count). The van der Waals surface area contributed by atoms with Crippen molar-refractivity contribution in [3.8, 4) is 22.8 Å². The van der Waals surface area contributed by atoms with E-state index >= 15 is 0 Å². The first kappa shape index (κ1) is 16.9. The number of nitrogens with one attached hydrogen (secondary N) is 1. The van der Waals surface area contributed by atoms with E-state index in [1.165, 1.54) is 16.9 Å². The van der Waals surface area contributed by atoms with Crippen molar-refractivity contribution >= 4 is 11.3 Å². The van der Waals surface area contributed by atoms with E-state index in [0.717, 1.165) is 24.4 Å². The Morgan fingerprint density at radius 2 is 1.89 bits per heavy atom. The van der Waals surface area contributed by atoms with E-state index in [2.05, 4.69) is 20.6 Å². The molecule has 0 aliphatic heterocycles. The molecule has 0 spiro atoms. The van der Waals surface area contributed by atoms with Gasteiger partial charge in [0.05, 0.1) is 5.69 Å². The average molecular weight is 367 g/mol. The van der Waals surface area contributed by atoms with Crippen LogP contribution in [0.3, 0.4) is 0 Å². The van der Waals surface area contributed by atoms with Crippen molar-refractivity contribution in [2.45, 2.75) is 6.92 Å². The second-order valence-corrected chi connectivity index (χ2v) is 5.77. The average Bonchev–Trinajstić information content (AvgIpc) is 3.13. The first-order valence-corrected chi connectivity index (χ1v) is 8.32. The summed E-state index contributed by atoms with van der Waals surface area (Å²) in [7, 11) is 0. The number of nitrogens with zero attached hydrogens (tertiary/aromatic N) is 4. The van der Waals surface area contributed by atoms with E-state index in [0.29, 0.717) is 22.7 Å². The van der Waals surface area contributed by atoms with Gasteiger partial charge in [0.25, 0.3) is 0 Å². The Morgan fingerprint density at radius 1 is 1.04 bits per heavy atom. The minimum Gasteiger partial charge on any atom is -0.454 e. The fourth-order valence-corrected chi connectivity index (χ4v) is 2.68. The lowest BCUT2D eigenvalue weighted by atomic mass is 10.1. The predicted molar refractivity (Wildman–Crippen MR) is 96.8 cm³/mol. The third-order valence-electron chi connectivity index (χ3n) is 3.91. The summed E-state index contributed by atoms with van der Waals surface area (Å²) >= 11 is 0. The molecule has 0 atom stereocenters. The summed E-state index contributed by atoms with van der Waals surface area (Å²) < 4.78 is 34.4. The van der Waals surface area contributed by atoms with Gasteiger partial charge in [0, 0.05) is 23.9 Å². The Morgan fingerprint density at radius 3 is 2.70 bits per heavy atom. The van der Waals surface area contributed by atoms with Crippen molar-refractivity contribution < 1.29 is 13.5 Å². The Bertz CT molecular complexity index is 1110. The van der Waals surface area contributed by atoms with Crippen LogP contribution in [0.2, 0.25) is 0 Å². The van der Waals surface area contributed by atoms with Crippen LogP contribution in [-0.4, -0.2) is 26.4 Å². The van der Waals surface area contributed by atoms with Crippen molar-refractivity contribution in [2.75, 3.05) is 11.9 Å². The Labute approximate surface area is 153 Å². The molecule has 0 saturated carbocycles. The second kappa shape index (κ2) is 6.99. The molecule has 2 aromatic heterocycles. The van der Waals surface area contributed by atoms with Crippen LogP contribution in [-0.2, 0) is 0 Å². The van der Waals surface area contributed by atoms with Crippen LogP contribution in [0.15, 0.2) is 54.9 Å². The summed E-state index contributed by atoms with van der Waals surface area (Å²) in [5.41, 5.74) is 2.71. The van der Waals surface area contributed by atoms with E-state index < -0.39 is 11.6 Å². The monoisotopic (exact) mass is 367 g/mol. The van der Waals surface area contributed by atoms with Crippen molar-refractivity contribution in [3.05, 3.63) is 66.5 Å². The number of hydrogen-bond donors (Lipinski definition) is 1. The maximum absolute atomic E-state index is 14.0. The number of benzene rings is 2. The fourth-order valence-electron chi connectivity index (χ4n) is 2.68. The maximum Gasteiger partial charge on any atom is 0.177 e. The summed E-state index contributed by atoms with van der Waals surface area (Å²) in [6.07, 6.45) is 1.49. The van der Waals surface area contributed by atoms with E-state index in [-0.39, 0.29) is 5.75 Å². The molecule has 2 aromatic carbocycles. The molecule has 0 aliphatic rings. The predicted octanol–water partition coefficient (Wildman–Crippen LogP) is 4.29. The highest BCUT2D eigenvalue weighted by Crippen LogP contribution is 2.35. The highest BCUT2D eigenvalue weighted by atomic mass is 19.1. The molecule has 8 heteroatoms. The zero-order valence-electron chi connectivity index (χ0n) is 14.4. The van der Waals surface area contributed by atoms with Gasteiger partial charge in [-0.05, 0) is 49.4 Å². The third kappa shape index (κ3) is 3.41. The summed E-state index contributed by atoms with van der Waals surface area (Å²) in [5, 5.41) is 15.4. The highest BCUT2D eigenvalue weighted by molar-refractivity contribution is 5.73. The van der Waals surface area contributed by atoms with Crippen molar-refractivity contribution in [2.24, 2.45) is 0 Å². The molecule has 27 heavy (non-hydrogen) atoms. The molecule has 0 fully saturated rings. The first-order valence-electron chi connectivity index (χ1n) is 8.32. The van der Waals surface area contributed by atoms with Crippen LogP contribution in [0.1, 0.15) is 6.92 Å². The molecule has 0 bridgehead atoms. The second-order valence-electron chi connectivity index (χ2n) is 5.77. The topological polar surface area (TPSA) is 64.3 Å². The fraction of sp³-hybridized carbons (Fsp3) is 0.105. The molecule has 0 amide bonds. The van der Waals surface area contributed by atoms with Gasteiger partial charge >= 0.3 is 0 Å². The SMILES string of the molecule is CCNc1ccc(Oc2ccc(F)cc2F)c(-c2ccc3nncn3n2)c1. The van der Waals surface area contributed by atoms with Crippen molar-refractivity contribution in [1.82, 2.24) is 19.8 Å². The summed E-state index contributed by atoms with van der Waals surface area (Å²) in [6.45, 7) is 2.73. The molecular formula is C19H15F2N5O. The maximum atomic E-state index is 14.0. The molecule has 0 aliphatic carbocycles. The molecule has 136 valence electrons. The standard InChI is InChI=1S/C19H15F2N5O/c1-2-22-13-4-7-17(27-18-6-3-12(20)9-15(18)21)14(10-13)16-5-8-19-24-23-11-26(19)25-16/h3-11,22H,2H2,1H3. The van der Waals surface area contributed by atoms with E-state index in [4.69, 9.17) is 4.74 Å². The summed E-state index contributed by atoms with van der Waals surface area (Å²) in [4.78, 5) is 0. The Balaban J connectivity index is 1.80. The third-order valence-corrected chi connectivity index (χ3v) is 3.91. The number of hydrogen-bond acceptors (Lipinski definition) is 5. The van der Waals surface area contributed by atoms with E-state index in [9.17, 15) is 8.78 Å². The largest absolute Gasteiger partial charge is 0.454 e. The number of anilines is 1. The van der Waals surface area contributed by atoms with E-state index in [1.54, 1.807) is 18.2 Å². The minimum atomic E-state index is -0.779. The van der Waals surface area contributed by atoms with Gasteiger partial charge in [-0.15, -0.1) is 10.2 Å². The molecule has 6 nitrogen and oxygen atoms in total. The molecule has 2 heterocycles. The zero-order chi connectivity index (χ0) is 18.8. The van der Waals surface area contributed by atoms with Crippen LogP contribution < -0.4 is 10.1 Å². The van der Waals surface area contributed by atoms with Gasteiger partial charge in [0.2, 0.25) is 0 Å². The van der Waals surface area contributed by atoms with Crippen LogP contribution in [0.25, 0.3) is 16.9 Å². The Hall–Kier alpha value is -3.55. The smallest absolute Gasteiger partial charge is 0.177 e. The van der Waals surface area contributed by atoms with Gasteiger partial charge in [-0.25, -0.2) is 8.78 Å². The Kier molecular flexibility index (Phi) is 4.37. The molecule has 1 N–H and O–H groups in total. The molecule has 0 unspecified atom stereocenters. The summed E-state index contributed by atoms with van der Waals surface area (Å²) in [6, 6.07) is 12.1. The quantitative estimate of drug-likeness (QED) is 0.570. The molecule has 0 saturated heterocycles. The number of rotatable bonds is 5. The van der Waals surface area contributed by atoms with Crippen LogP contribution >= 0.6 is 0 Å². The number of aromatic nitrogens is 4. The van der Waals surface area contributed by atoms with Crippen LogP contribution in [0.5, 0.6) is 11.5 Å². The van der Waals surface area contributed by atoms with Gasteiger partial charge in [0.15, 0.2) is 17.2 Å². The van der Waals surface area contributed by atoms with E-state index in [1.807, 2.05) is 19.1 Å². The van der Waals surface area contributed by atoms with Crippen molar-refractivity contribution in [1.29, 1.82) is 0 Å². The number of halogens is 2. The van der Waals surface area contributed by atoms with Gasteiger partial charge in [-0.1, -0.05) is 0 Å². The minimum absolute atomic E-state index is 0.0702. The lowest BCUT2D eigenvalue weighted by molar-refractivity contribution is 0.439.